The predicted molar refractivity (Wildman–Crippen MR) is 94.3 cm³/mol. The summed E-state index contributed by atoms with van der Waals surface area (Å²) in [4.78, 5) is 12.1. The van der Waals surface area contributed by atoms with Gasteiger partial charge in [-0.2, -0.15) is 0 Å². The van der Waals surface area contributed by atoms with Crippen molar-refractivity contribution in [1.29, 1.82) is 0 Å². The zero-order valence-electron chi connectivity index (χ0n) is 12.8. The van der Waals surface area contributed by atoms with Crippen LogP contribution < -0.4 is 10.1 Å². The number of aryl methyl sites for hydroxylation is 2. The Bertz CT molecular complexity index is 723. The standard InChI is InChI=1S/C18H18BrNO2/c1-12-4-7-16(13(2)10-12)20-18(21)9-5-14-11-15(19)6-8-17(14)22-3/h4-11H,1-3H3,(H,20,21)/b9-5+. The number of rotatable bonds is 4. The lowest BCUT2D eigenvalue weighted by molar-refractivity contribution is -0.111. The monoisotopic (exact) mass is 359 g/mol. The van der Waals surface area contributed by atoms with Crippen LogP contribution in [0.3, 0.4) is 0 Å². The van der Waals surface area contributed by atoms with Gasteiger partial charge in [-0.15, -0.1) is 0 Å². The number of anilines is 1. The molecule has 3 nitrogen and oxygen atoms in total. The zero-order chi connectivity index (χ0) is 16.1. The van der Waals surface area contributed by atoms with Crippen molar-refractivity contribution in [2.75, 3.05) is 12.4 Å². The summed E-state index contributed by atoms with van der Waals surface area (Å²) < 4.78 is 6.21. The third-order valence-electron chi connectivity index (χ3n) is 3.25. The highest BCUT2D eigenvalue weighted by molar-refractivity contribution is 9.10. The van der Waals surface area contributed by atoms with Gasteiger partial charge in [-0.05, 0) is 49.8 Å². The molecule has 0 heterocycles. The number of nitrogens with one attached hydrogen (secondary N) is 1. The maximum absolute atomic E-state index is 12.1. The van der Waals surface area contributed by atoms with Crippen LogP contribution in [0, 0.1) is 13.8 Å². The van der Waals surface area contributed by atoms with Gasteiger partial charge in [0.2, 0.25) is 5.91 Å². The molecular weight excluding hydrogens is 342 g/mol. The second kappa shape index (κ2) is 7.27. The highest BCUT2D eigenvalue weighted by atomic mass is 79.9. The van der Waals surface area contributed by atoms with Crippen molar-refractivity contribution in [2.45, 2.75) is 13.8 Å². The van der Waals surface area contributed by atoms with Crippen LogP contribution in [0.2, 0.25) is 0 Å². The minimum Gasteiger partial charge on any atom is -0.496 e. The number of methoxy groups -OCH3 is 1. The number of hydrogen-bond acceptors (Lipinski definition) is 2. The Kier molecular flexibility index (Phi) is 5.39. The molecule has 0 fully saturated rings. The van der Waals surface area contributed by atoms with E-state index in [9.17, 15) is 4.79 Å². The van der Waals surface area contributed by atoms with Crippen molar-refractivity contribution < 1.29 is 9.53 Å². The number of amides is 1. The molecule has 1 N–H and O–H groups in total. The quantitative estimate of drug-likeness (QED) is 0.801. The lowest BCUT2D eigenvalue weighted by Gasteiger charge is -2.07. The van der Waals surface area contributed by atoms with E-state index >= 15 is 0 Å². The van der Waals surface area contributed by atoms with Gasteiger partial charge in [-0.25, -0.2) is 0 Å². The Morgan fingerprint density at radius 1 is 1.18 bits per heavy atom. The molecule has 22 heavy (non-hydrogen) atoms. The molecule has 0 radical (unpaired) electrons. The minimum atomic E-state index is -0.172. The number of carbonyl (C=O) groups excluding carboxylic acids is 1. The molecule has 2 rings (SSSR count). The Labute approximate surface area is 139 Å². The highest BCUT2D eigenvalue weighted by Crippen LogP contribution is 2.24. The van der Waals surface area contributed by atoms with E-state index in [0.29, 0.717) is 0 Å². The molecule has 0 saturated heterocycles. The van der Waals surface area contributed by atoms with Gasteiger partial charge in [0.05, 0.1) is 7.11 Å². The van der Waals surface area contributed by atoms with E-state index in [4.69, 9.17) is 4.74 Å². The van der Waals surface area contributed by atoms with Crippen LogP contribution in [0.1, 0.15) is 16.7 Å². The maximum Gasteiger partial charge on any atom is 0.248 e. The van der Waals surface area contributed by atoms with Crippen molar-refractivity contribution in [3.8, 4) is 5.75 Å². The summed E-state index contributed by atoms with van der Waals surface area (Å²) in [5, 5.41) is 2.88. The molecule has 2 aromatic carbocycles. The van der Waals surface area contributed by atoms with Gasteiger partial charge in [-0.1, -0.05) is 33.6 Å². The fraction of sp³-hybridized carbons (Fsp3) is 0.167. The lowest BCUT2D eigenvalue weighted by Crippen LogP contribution is -2.09. The minimum absolute atomic E-state index is 0.172. The fourth-order valence-electron chi connectivity index (χ4n) is 2.13. The third kappa shape index (κ3) is 4.21. The van der Waals surface area contributed by atoms with Crippen LogP contribution in [0.15, 0.2) is 46.9 Å². The van der Waals surface area contributed by atoms with Crippen molar-refractivity contribution in [3.05, 3.63) is 63.6 Å². The summed E-state index contributed by atoms with van der Waals surface area (Å²) in [6.45, 7) is 4.00. The van der Waals surface area contributed by atoms with Crippen LogP contribution in [0.25, 0.3) is 6.08 Å². The molecule has 0 aliphatic heterocycles. The van der Waals surface area contributed by atoms with Crippen LogP contribution >= 0.6 is 15.9 Å². The predicted octanol–water partition coefficient (Wildman–Crippen LogP) is 4.73. The van der Waals surface area contributed by atoms with E-state index in [2.05, 4.69) is 21.2 Å². The number of halogens is 1. The summed E-state index contributed by atoms with van der Waals surface area (Å²) in [6.07, 6.45) is 3.24. The zero-order valence-corrected chi connectivity index (χ0v) is 14.4. The van der Waals surface area contributed by atoms with Gasteiger partial charge < -0.3 is 10.1 Å². The smallest absolute Gasteiger partial charge is 0.248 e. The average molecular weight is 360 g/mol. The van der Waals surface area contributed by atoms with Gasteiger partial charge in [0.1, 0.15) is 5.75 Å². The summed E-state index contributed by atoms with van der Waals surface area (Å²) in [7, 11) is 1.61. The Balaban J connectivity index is 2.13. The Morgan fingerprint density at radius 3 is 2.64 bits per heavy atom. The first-order chi connectivity index (χ1) is 10.5. The normalized spacial score (nSPS) is 10.7. The summed E-state index contributed by atoms with van der Waals surface area (Å²) >= 11 is 3.41. The van der Waals surface area contributed by atoms with E-state index in [0.717, 1.165) is 27.0 Å². The van der Waals surface area contributed by atoms with Gasteiger partial charge in [0.15, 0.2) is 0 Å². The molecule has 2 aromatic rings. The van der Waals surface area contributed by atoms with Crippen molar-refractivity contribution in [1.82, 2.24) is 0 Å². The SMILES string of the molecule is COc1ccc(Br)cc1/C=C/C(=O)Nc1ccc(C)cc1C. The van der Waals surface area contributed by atoms with Crippen LogP contribution in [0.5, 0.6) is 5.75 Å². The van der Waals surface area contributed by atoms with Crippen molar-refractivity contribution in [3.63, 3.8) is 0 Å². The molecule has 114 valence electrons. The Hall–Kier alpha value is -2.07. The fourth-order valence-corrected chi connectivity index (χ4v) is 2.51. The van der Waals surface area contributed by atoms with E-state index < -0.39 is 0 Å². The molecule has 0 unspecified atom stereocenters. The van der Waals surface area contributed by atoms with Crippen LogP contribution in [-0.2, 0) is 4.79 Å². The molecule has 0 aliphatic rings. The topological polar surface area (TPSA) is 38.3 Å². The number of hydrogen-bond donors (Lipinski definition) is 1. The average Bonchev–Trinajstić information content (AvgIpc) is 2.48. The van der Waals surface area contributed by atoms with Crippen LogP contribution in [-0.4, -0.2) is 13.0 Å². The van der Waals surface area contributed by atoms with Crippen LogP contribution in [0.4, 0.5) is 5.69 Å². The Morgan fingerprint density at radius 2 is 1.95 bits per heavy atom. The van der Waals surface area contributed by atoms with E-state index in [1.54, 1.807) is 13.2 Å². The van der Waals surface area contributed by atoms with Crippen molar-refractivity contribution >= 4 is 33.6 Å². The second-order valence-corrected chi connectivity index (χ2v) is 5.94. The van der Waals surface area contributed by atoms with E-state index in [1.165, 1.54) is 11.6 Å². The van der Waals surface area contributed by atoms with E-state index in [-0.39, 0.29) is 5.91 Å². The largest absolute Gasteiger partial charge is 0.496 e. The van der Waals surface area contributed by atoms with Gasteiger partial charge in [0, 0.05) is 21.8 Å². The molecule has 0 bridgehead atoms. The number of ether oxygens (including phenoxy) is 1. The second-order valence-electron chi connectivity index (χ2n) is 5.03. The molecule has 0 atom stereocenters. The first-order valence-corrected chi connectivity index (χ1v) is 7.69. The first-order valence-electron chi connectivity index (χ1n) is 6.89. The molecule has 1 amide bonds. The molecule has 0 saturated carbocycles. The molecule has 0 aromatic heterocycles. The molecular formula is C18H18BrNO2. The third-order valence-corrected chi connectivity index (χ3v) is 3.74. The molecule has 4 heteroatoms. The maximum atomic E-state index is 12.1. The van der Waals surface area contributed by atoms with Gasteiger partial charge in [0.25, 0.3) is 0 Å². The van der Waals surface area contributed by atoms with E-state index in [1.807, 2.05) is 50.2 Å². The first kappa shape index (κ1) is 16.3. The summed E-state index contributed by atoms with van der Waals surface area (Å²) in [5.74, 6) is 0.549. The summed E-state index contributed by atoms with van der Waals surface area (Å²) in [5.41, 5.74) is 3.88. The lowest BCUT2D eigenvalue weighted by atomic mass is 10.1. The molecule has 0 spiro atoms. The summed E-state index contributed by atoms with van der Waals surface area (Å²) in [6, 6.07) is 11.6. The van der Waals surface area contributed by atoms with Gasteiger partial charge in [-0.3, -0.25) is 4.79 Å². The van der Waals surface area contributed by atoms with Crippen molar-refractivity contribution in [2.24, 2.45) is 0 Å². The highest BCUT2D eigenvalue weighted by Gasteiger charge is 2.04. The molecule has 0 aliphatic carbocycles. The number of benzene rings is 2. The van der Waals surface area contributed by atoms with Gasteiger partial charge >= 0.3 is 0 Å². The number of carbonyl (C=O) groups is 1.